The normalized spacial score (nSPS) is 15.5. The first-order valence-electron chi connectivity index (χ1n) is 9.67. The van der Waals surface area contributed by atoms with Gasteiger partial charge in [-0.1, -0.05) is 42.5 Å². The molecule has 0 radical (unpaired) electrons. The van der Waals surface area contributed by atoms with Gasteiger partial charge in [-0.15, -0.1) is 11.8 Å². The van der Waals surface area contributed by atoms with Crippen LogP contribution in [0.5, 0.6) is 0 Å². The Morgan fingerprint density at radius 2 is 1.87 bits per heavy atom. The predicted molar refractivity (Wildman–Crippen MR) is 115 cm³/mol. The Bertz CT molecular complexity index is 1030. The van der Waals surface area contributed by atoms with Gasteiger partial charge in [0, 0.05) is 24.3 Å². The van der Waals surface area contributed by atoms with E-state index in [1.54, 1.807) is 11.2 Å². The zero-order chi connectivity index (χ0) is 20.9. The second-order valence-corrected chi connectivity index (χ2v) is 8.02. The van der Waals surface area contributed by atoms with Crippen LogP contribution in [0, 0.1) is 0 Å². The summed E-state index contributed by atoms with van der Waals surface area (Å²) in [5.74, 6) is 0.901. The summed E-state index contributed by atoms with van der Waals surface area (Å²) in [6, 6.07) is 17.0. The van der Waals surface area contributed by atoms with Crippen molar-refractivity contribution in [3.8, 4) is 11.5 Å². The van der Waals surface area contributed by atoms with Crippen LogP contribution in [0.3, 0.4) is 0 Å². The lowest BCUT2D eigenvalue weighted by molar-refractivity contribution is -0.153. The summed E-state index contributed by atoms with van der Waals surface area (Å²) in [6.07, 6.45) is 2.09. The summed E-state index contributed by atoms with van der Waals surface area (Å²) < 4.78 is 10.5. The molecule has 6 nitrogen and oxygen atoms in total. The van der Waals surface area contributed by atoms with E-state index in [1.165, 1.54) is 18.9 Å². The second kappa shape index (κ2) is 9.17. The maximum Gasteiger partial charge on any atom is 0.328 e. The van der Waals surface area contributed by atoms with Gasteiger partial charge in [0.05, 0.1) is 18.6 Å². The fourth-order valence-corrected chi connectivity index (χ4v) is 4.33. The number of esters is 1. The molecule has 0 fully saturated rings. The molecule has 2 aromatic carbocycles. The quantitative estimate of drug-likeness (QED) is 0.564. The number of benzene rings is 2. The Labute approximate surface area is 179 Å². The van der Waals surface area contributed by atoms with E-state index >= 15 is 0 Å². The molecule has 4 rings (SSSR count). The third kappa shape index (κ3) is 4.41. The molecule has 1 atom stereocenters. The number of hydrogen-bond acceptors (Lipinski definition) is 6. The van der Waals surface area contributed by atoms with Crippen LogP contribution in [-0.4, -0.2) is 40.7 Å². The fraction of sp³-hybridized carbons (Fsp3) is 0.261. The summed E-state index contributed by atoms with van der Waals surface area (Å²) in [7, 11) is 1.36. The van der Waals surface area contributed by atoms with E-state index in [0.717, 1.165) is 22.4 Å². The molecule has 1 aromatic heterocycles. The molecule has 0 saturated carbocycles. The van der Waals surface area contributed by atoms with Gasteiger partial charge in [-0.3, -0.25) is 4.79 Å². The predicted octanol–water partition coefficient (Wildman–Crippen LogP) is 3.70. The van der Waals surface area contributed by atoms with Gasteiger partial charge in [0.25, 0.3) is 0 Å². The van der Waals surface area contributed by atoms with Gasteiger partial charge >= 0.3 is 5.97 Å². The molecule has 1 aliphatic heterocycles. The smallest absolute Gasteiger partial charge is 0.328 e. The molecule has 0 spiro atoms. The minimum Gasteiger partial charge on any atom is -0.467 e. The standard InChI is InChI=1S/C23H22N2O4S/c1-28-23(27)20-11-17-9-5-6-10-18(17)12-25(20)21(26)15-30-14-19-13-29-22(24-19)16-7-3-2-4-8-16/h2-10,13,20H,11-12,14-15H2,1H3. The van der Waals surface area contributed by atoms with E-state index in [9.17, 15) is 9.59 Å². The lowest BCUT2D eigenvalue weighted by Gasteiger charge is -2.35. The van der Waals surface area contributed by atoms with Crippen molar-refractivity contribution >= 4 is 23.6 Å². The third-order valence-electron chi connectivity index (χ3n) is 5.09. The highest BCUT2D eigenvalue weighted by molar-refractivity contribution is 7.99. The molecule has 7 heteroatoms. The van der Waals surface area contributed by atoms with Crippen LogP contribution in [0.1, 0.15) is 16.8 Å². The molecule has 30 heavy (non-hydrogen) atoms. The minimum absolute atomic E-state index is 0.0864. The summed E-state index contributed by atoms with van der Waals surface area (Å²) in [6.45, 7) is 0.414. The first kappa shape index (κ1) is 20.2. The van der Waals surface area contributed by atoms with Crippen molar-refractivity contribution < 1.29 is 18.7 Å². The van der Waals surface area contributed by atoms with Crippen LogP contribution in [0.15, 0.2) is 65.3 Å². The van der Waals surface area contributed by atoms with Crippen molar-refractivity contribution in [3.05, 3.63) is 77.7 Å². The van der Waals surface area contributed by atoms with Crippen LogP contribution in [-0.2, 0) is 33.0 Å². The SMILES string of the molecule is COC(=O)C1Cc2ccccc2CN1C(=O)CSCc1coc(-c2ccccc2)n1. The highest BCUT2D eigenvalue weighted by Gasteiger charge is 2.35. The van der Waals surface area contributed by atoms with Gasteiger partial charge in [0.1, 0.15) is 12.3 Å². The Kier molecular flexibility index (Phi) is 6.18. The molecule has 154 valence electrons. The van der Waals surface area contributed by atoms with Gasteiger partial charge in [0.2, 0.25) is 11.8 Å². The number of hydrogen-bond donors (Lipinski definition) is 0. The van der Waals surface area contributed by atoms with E-state index in [4.69, 9.17) is 9.15 Å². The van der Waals surface area contributed by atoms with E-state index in [0.29, 0.717) is 24.6 Å². The summed E-state index contributed by atoms with van der Waals surface area (Å²) >= 11 is 1.45. The van der Waals surface area contributed by atoms with E-state index in [-0.39, 0.29) is 17.6 Å². The zero-order valence-electron chi connectivity index (χ0n) is 16.6. The fourth-order valence-electron chi connectivity index (χ4n) is 3.54. The van der Waals surface area contributed by atoms with Crippen molar-refractivity contribution in [3.63, 3.8) is 0 Å². The van der Waals surface area contributed by atoms with Crippen molar-refractivity contribution in [1.82, 2.24) is 9.88 Å². The van der Waals surface area contributed by atoms with Gasteiger partial charge < -0.3 is 14.1 Å². The molecule has 0 N–H and O–H groups in total. The molecule has 1 unspecified atom stereocenters. The molecule has 3 aromatic rings. The van der Waals surface area contributed by atoms with Crippen LogP contribution < -0.4 is 0 Å². The average Bonchev–Trinajstić information content (AvgIpc) is 3.27. The number of aromatic nitrogens is 1. The number of carbonyl (C=O) groups is 2. The van der Waals surface area contributed by atoms with Crippen molar-refractivity contribution in [2.75, 3.05) is 12.9 Å². The van der Waals surface area contributed by atoms with Crippen LogP contribution in [0.2, 0.25) is 0 Å². The number of thioether (sulfide) groups is 1. The number of amides is 1. The number of carbonyl (C=O) groups excluding carboxylic acids is 2. The number of rotatable bonds is 6. The first-order chi connectivity index (χ1) is 14.7. The maximum atomic E-state index is 12.9. The number of nitrogens with zero attached hydrogens (tertiary/aromatic N) is 2. The van der Waals surface area contributed by atoms with Crippen molar-refractivity contribution in [2.45, 2.75) is 24.8 Å². The molecule has 0 saturated heterocycles. The van der Waals surface area contributed by atoms with Gasteiger partial charge in [0.15, 0.2) is 0 Å². The van der Waals surface area contributed by atoms with Crippen molar-refractivity contribution in [2.24, 2.45) is 0 Å². The van der Waals surface area contributed by atoms with Crippen LogP contribution in [0.4, 0.5) is 0 Å². The molecule has 1 amide bonds. The van der Waals surface area contributed by atoms with Crippen LogP contribution >= 0.6 is 11.8 Å². The average molecular weight is 423 g/mol. The Balaban J connectivity index is 1.38. The molecule has 0 aliphatic carbocycles. The monoisotopic (exact) mass is 422 g/mol. The van der Waals surface area contributed by atoms with Crippen LogP contribution in [0.25, 0.3) is 11.5 Å². The Morgan fingerprint density at radius 1 is 1.13 bits per heavy atom. The zero-order valence-corrected chi connectivity index (χ0v) is 17.4. The topological polar surface area (TPSA) is 72.6 Å². The number of fused-ring (bicyclic) bond motifs is 1. The molecule has 0 bridgehead atoms. The molecule has 2 heterocycles. The minimum atomic E-state index is -0.588. The second-order valence-electron chi connectivity index (χ2n) is 7.04. The first-order valence-corrected chi connectivity index (χ1v) is 10.8. The maximum absolute atomic E-state index is 12.9. The van der Waals surface area contributed by atoms with Crippen molar-refractivity contribution in [1.29, 1.82) is 0 Å². The van der Waals surface area contributed by atoms with Gasteiger partial charge in [-0.25, -0.2) is 9.78 Å². The number of oxazole rings is 1. The lowest BCUT2D eigenvalue weighted by Crippen LogP contribution is -2.49. The summed E-state index contributed by atoms with van der Waals surface area (Å²) in [4.78, 5) is 31.3. The Morgan fingerprint density at radius 3 is 2.63 bits per heavy atom. The lowest BCUT2D eigenvalue weighted by atomic mass is 9.94. The van der Waals surface area contributed by atoms with E-state index < -0.39 is 6.04 Å². The number of ether oxygens (including phenoxy) is 1. The Hall–Kier alpha value is -3.06. The van der Waals surface area contributed by atoms with E-state index in [1.807, 2.05) is 54.6 Å². The molecular weight excluding hydrogens is 400 g/mol. The third-order valence-corrected chi connectivity index (χ3v) is 6.04. The highest BCUT2D eigenvalue weighted by atomic mass is 32.2. The van der Waals surface area contributed by atoms with E-state index in [2.05, 4.69) is 4.98 Å². The largest absolute Gasteiger partial charge is 0.467 e. The molecular formula is C23H22N2O4S. The van der Waals surface area contributed by atoms with Gasteiger partial charge in [-0.2, -0.15) is 0 Å². The highest BCUT2D eigenvalue weighted by Crippen LogP contribution is 2.26. The summed E-state index contributed by atoms with van der Waals surface area (Å²) in [5, 5.41) is 0. The van der Waals surface area contributed by atoms with Gasteiger partial charge in [-0.05, 0) is 23.3 Å². The number of methoxy groups -OCH3 is 1. The summed E-state index contributed by atoms with van der Waals surface area (Å²) in [5.41, 5.74) is 3.85. The molecule has 1 aliphatic rings.